The Morgan fingerprint density at radius 3 is 2.09 bits per heavy atom. The lowest BCUT2D eigenvalue weighted by atomic mass is 10.1. The maximum atomic E-state index is 12.6. The second kappa shape index (κ2) is 10.6. The first kappa shape index (κ1) is 22.3. The number of rotatable bonds is 7. The van der Waals surface area contributed by atoms with Gasteiger partial charge in [0.25, 0.3) is 0 Å². The van der Waals surface area contributed by atoms with Crippen LogP contribution in [0.15, 0.2) is 91.1 Å². The zero-order valence-electron chi connectivity index (χ0n) is 19.4. The van der Waals surface area contributed by atoms with Crippen LogP contribution in [-0.4, -0.2) is 46.9 Å². The monoisotopic (exact) mass is 450 g/mol. The average molecular weight is 451 g/mol. The van der Waals surface area contributed by atoms with Crippen LogP contribution < -0.4 is 5.32 Å². The summed E-state index contributed by atoms with van der Waals surface area (Å²) in [5, 5.41) is 4.08. The van der Waals surface area contributed by atoms with Gasteiger partial charge in [-0.3, -0.25) is 19.6 Å². The first-order valence-electron chi connectivity index (χ1n) is 11.9. The number of fused-ring (bicyclic) bond motifs is 1. The molecule has 172 valence electrons. The minimum absolute atomic E-state index is 0.0274. The van der Waals surface area contributed by atoms with Gasteiger partial charge in [0, 0.05) is 56.5 Å². The quantitative estimate of drug-likeness (QED) is 0.442. The topological polar surface area (TPSA) is 48.5 Å². The van der Waals surface area contributed by atoms with Gasteiger partial charge in [0.05, 0.1) is 11.9 Å². The van der Waals surface area contributed by atoms with Crippen LogP contribution in [0.2, 0.25) is 0 Å². The molecule has 0 unspecified atom stereocenters. The molecule has 2 heterocycles. The van der Waals surface area contributed by atoms with Gasteiger partial charge in [0.15, 0.2) is 0 Å². The van der Waals surface area contributed by atoms with Gasteiger partial charge in [-0.25, -0.2) is 0 Å². The van der Waals surface area contributed by atoms with Gasteiger partial charge in [0.2, 0.25) is 5.91 Å². The number of aromatic nitrogens is 1. The number of para-hydroxylation sites is 1. The van der Waals surface area contributed by atoms with E-state index in [1.807, 2.05) is 42.5 Å². The summed E-state index contributed by atoms with van der Waals surface area (Å²) in [6.07, 6.45) is 2.08. The number of anilines is 1. The van der Waals surface area contributed by atoms with E-state index in [0.717, 1.165) is 61.4 Å². The Kier molecular flexibility index (Phi) is 6.94. The van der Waals surface area contributed by atoms with Crippen molar-refractivity contribution in [3.8, 4) is 0 Å². The van der Waals surface area contributed by atoms with Crippen molar-refractivity contribution in [3.05, 3.63) is 108 Å². The van der Waals surface area contributed by atoms with Crippen LogP contribution in [0.3, 0.4) is 0 Å². The Balaban J connectivity index is 1.11. The van der Waals surface area contributed by atoms with Crippen LogP contribution in [0.25, 0.3) is 10.9 Å². The van der Waals surface area contributed by atoms with Gasteiger partial charge in [-0.2, -0.15) is 0 Å². The summed E-state index contributed by atoms with van der Waals surface area (Å²) in [7, 11) is 0. The largest absolute Gasteiger partial charge is 0.326 e. The van der Waals surface area contributed by atoms with Crippen molar-refractivity contribution in [2.24, 2.45) is 0 Å². The molecular formula is C29H30N4O. The van der Waals surface area contributed by atoms with Gasteiger partial charge in [0.1, 0.15) is 0 Å². The lowest BCUT2D eigenvalue weighted by molar-refractivity contribution is -0.115. The van der Waals surface area contributed by atoms with Crippen molar-refractivity contribution in [2.45, 2.75) is 19.5 Å². The molecule has 1 aliphatic rings. The highest BCUT2D eigenvalue weighted by Gasteiger charge is 2.17. The molecule has 1 aliphatic heterocycles. The van der Waals surface area contributed by atoms with E-state index in [0.29, 0.717) is 6.42 Å². The number of pyridine rings is 1. The zero-order chi connectivity index (χ0) is 23.2. The maximum absolute atomic E-state index is 12.6. The van der Waals surface area contributed by atoms with E-state index in [2.05, 4.69) is 62.6 Å². The summed E-state index contributed by atoms with van der Waals surface area (Å²) in [6.45, 7) is 6.29. The lowest BCUT2D eigenvalue weighted by Gasteiger charge is -2.34. The lowest BCUT2D eigenvalue weighted by Crippen LogP contribution is -2.45. The van der Waals surface area contributed by atoms with Crippen LogP contribution in [0.1, 0.15) is 16.7 Å². The number of hydrogen-bond acceptors (Lipinski definition) is 4. The van der Waals surface area contributed by atoms with Crippen LogP contribution in [0.4, 0.5) is 5.69 Å². The molecule has 5 rings (SSSR count). The molecule has 0 spiro atoms. The molecule has 5 nitrogen and oxygen atoms in total. The fraction of sp³-hybridized carbons (Fsp3) is 0.241. The summed E-state index contributed by atoms with van der Waals surface area (Å²) in [5.74, 6) is -0.0274. The minimum Gasteiger partial charge on any atom is -0.326 e. The van der Waals surface area contributed by atoms with Crippen molar-refractivity contribution in [1.82, 2.24) is 14.8 Å². The van der Waals surface area contributed by atoms with Crippen molar-refractivity contribution in [2.75, 3.05) is 31.5 Å². The zero-order valence-corrected chi connectivity index (χ0v) is 19.4. The van der Waals surface area contributed by atoms with E-state index < -0.39 is 0 Å². The van der Waals surface area contributed by atoms with Gasteiger partial charge < -0.3 is 5.32 Å². The van der Waals surface area contributed by atoms with Crippen molar-refractivity contribution in [3.63, 3.8) is 0 Å². The van der Waals surface area contributed by atoms with E-state index >= 15 is 0 Å². The fourth-order valence-electron chi connectivity index (χ4n) is 4.59. The second-order valence-corrected chi connectivity index (χ2v) is 8.95. The number of amides is 1. The molecule has 3 aromatic carbocycles. The maximum Gasteiger partial charge on any atom is 0.228 e. The molecule has 4 aromatic rings. The third-order valence-corrected chi connectivity index (χ3v) is 6.43. The van der Waals surface area contributed by atoms with Crippen molar-refractivity contribution >= 4 is 22.5 Å². The van der Waals surface area contributed by atoms with E-state index in [1.54, 1.807) is 6.20 Å². The average Bonchev–Trinajstić information content (AvgIpc) is 2.87. The molecule has 1 N–H and O–H groups in total. The summed E-state index contributed by atoms with van der Waals surface area (Å²) >= 11 is 0. The second-order valence-electron chi connectivity index (χ2n) is 8.95. The third-order valence-electron chi connectivity index (χ3n) is 6.43. The Bertz CT molecular complexity index is 1230. The molecule has 5 heteroatoms. The van der Waals surface area contributed by atoms with Gasteiger partial charge in [-0.15, -0.1) is 0 Å². The van der Waals surface area contributed by atoms with E-state index in [4.69, 9.17) is 0 Å². The highest BCUT2D eigenvalue weighted by atomic mass is 16.1. The summed E-state index contributed by atoms with van der Waals surface area (Å²) < 4.78 is 0. The van der Waals surface area contributed by atoms with Gasteiger partial charge >= 0.3 is 0 Å². The molecule has 0 aliphatic carbocycles. The smallest absolute Gasteiger partial charge is 0.228 e. The van der Waals surface area contributed by atoms with Crippen molar-refractivity contribution < 1.29 is 4.79 Å². The first-order chi connectivity index (χ1) is 16.7. The number of piperazine rings is 1. The summed E-state index contributed by atoms with van der Waals surface area (Å²) in [5.41, 5.74) is 5.31. The predicted molar refractivity (Wildman–Crippen MR) is 138 cm³/mol. The van der Waals surface area contributed by atoms with Gasteiger partial charge in [-0.1, -0.05) is 66.7 Å². The Morgan fingerprint density at radius 1 is 0.735 bits per heavy atom. The number of carbonyl (C=O) groups is 1. The standard InChI is InChI=1S/C29H30N4O/c34-28(20-26-9-4-8-25-10-5-15-30-29(25)26)31-27-13-11-24(12-14-27)22-33-18-16-32(17-19-33)21-23-6-2-1-3-7-23/h1-15H,16-22H2,(H,31,34). The molecule has 1 fully saturated rings. The normalized spacial score (nSPS) is 14.8. The Morgan fingerprint density at radius 2 is 1.38 bits per heavy atom. The van der Waals surface area contributed by atoms with Crippen LogP contribution >= 0.6 is 0 Å². The molecular weight excluding hydrogens is 420 g/mol. The molecule has 0 bridgehead atoms. The third kappa shape index (κ3) is 5.68. The SMILES string of the molecule is O=C(Cc1cccc2cccnc12)Nc1ccc(CN2CCN(Cc3ccccc3)CC2)cc1. The molecule has 0 radical (unpaired) electrons. The molecule has 1 saturated heterocycles. The Hall–Kier alpha value is -3.54. The van der Waals surface area contributed by atoms with E-state index in [9.17, 15) is 4.79 Å². The predicted octanol–water partition coefficient (Wildman–Crippen LogP) is 4.73. The van der Waals surface area contributed by atoms with Crippen molar-refractivity contribution in [1.29, 1.82) is 0 Å². The van der Waals surface area contributed by atoms with E-state index in [-0.39, 0.29) is 5.91 Å². The van der Waals surface area contributed by atoms with Gasteiger partial charge in [-0.05, 0) is 34.9 Å². The van der Waals surface area contributed by atoms with Crippen LogP contribution in [0, 0.1) is 0 Å². The molecule has 0 atom stereocenters. The molecule has 1 amide bonds. The van der Waals surface area contributed by atoms with Crippen LogP contribution in [0.5, 0.6) is 0 Å². The number of carbonyl (C=O) groups excluding carboxylic acids is 1. The minimum atomic E-state index is -0.0274. The number of hydrogen-bond donors (Lipinski definition) is 1. The first-order valence-corrected chi connectivity index (χ1v) is 11.9. The highest BCUT2D eigenvalue weighted by Crippen LogP contribution is 2.18. The molecule has 1 aromatic heterocycles. The highest BCUT2D eigenvalue weighted by molar-refractivity contribution is 5.95. The fourth-order valence-corrected chi connectivity index (χ4v) is 4.59. The summed E-state index contributed by atoms with van der Waals surface area (Å²) in [6, 6.07) is 28.8. The van der Waals surface area contributed by atoms with Crippen LogP contribution in [-0.2, 0) is 24.3 Å². The number of nitrogens with zero attached hydrogens (tertiary/aromatic N) is 3. The Labute approximate surface area is 201 Å². The molecule has 0 saturated carbocycles. The summed E-state index contributed by atoms with van der Waals surface area (Å²) in [4.78, 5) is 22.1. The van der Waals surface area contributed by atoms with E-state index in [1.165, 1.54) is 11.1 Å². The number of nitrogens with one attached hydrogen (secondary N) is 1. The molecule has 34 heavy (non-hydrogen) atoms. The number of benzene rings is 3.